The summed E-state index contributed by atoms with van der Waals surface area (Å²) in [4.78, 5) is 14.3. The second-order valence-corrected chi connectivity index (χ2v) is 5.98. The van der Waals surface area contributed by atoms with Crippen LogP contribution in [0, 0.1) is 20.8 Å². The minimum absolute atomic E-state index is 0.520. The number of hydrogen-bond donors (Lipinski definition) is 1. The van der Waals surface area contributed by atoms with E-state index in [1.165, 1.54) is 4.88 Å². The highest BCUT2D eigenvalue weighted by Gasteiger charge is 2.06. The molecule has 0 saturated heterocycles. The zero-order chi connectivity index (χ0) is 12.4. The van der Waals surface area contributed by atoms with Crippen molar-refractivity contribution in [2.75, 3.05) is 5.73 Å². The van der Waals surface area contributed by atoms with Crippen LogP contribution in [0.25, 0.3) is 0 Å². The molecule has 6 heteroatoms. The summed E-state index contributed by atoms with van der Waals surface area (Å²) < 4.78 is 0. The monoisotopic (exact) mass is 266 g/mol. The molecule has 17 heavy (non-hydrogen) atoms. The van der Waals surface area contributed by atoms with Crippen molar-refractivity contribution in [1.82, 2.24) is 15.0 Å². The Kier molecular flexibility index (Phi) is 3.63. The molecule has 0 aliphatic rings. The molecule has 0 atom stereocenters. The van der Waals surface area contributed by atoms with Gasteiger partial charge in [-0.05, 0) is 20.8 Å². The Morgan fingerprint density at radius 3 is 2.59 bits per heavy atom. The molecule has 0 aliphatic carbocycles. The fourth-order valence-corrected chi connectivity index (χ4v) is 3.19. The number of thioether (sulfide) groups is 1. The van der Waals surface area contributed by atoms with Crippen LogP contribution in [-0.4, -0.2) is 15.0 Å². The third-order valence-electron chi connectivity index (χ3n) is 2.25. The van der Waals surface area contributed by atoms with E-state index in [0.29, 0.717) is 11.0 Å². The lowest BCUT2D eigenvalue weighted by atomic mass is 10.4. The van der Waals surface area contributed by atoms with Gasteiger partial charge in [-0.2, -0.15) is 0 Å². The molecule has 90 valence electrons. The molecule has 0 radical (unpaired) electrons. The molecule has 0 saturated carbocycles. The Morgan fingerprint density at radius 2 is 2.00 bits per heavy atom. The summed E-state index contributed by atoms with van der Waals surface area (Å²) in [7, 11) is 0. The summed E-state index contributed by atoms with van der Waals surface area (Å²) in [6.45, 7) is 6.03. The minimum Gasteiger partial charge on any atom is -0.384 e. The fraction of sp³-hybridized carbons (Fsp3) is 0.364. The van der Waals surface area contributed by atoms with E-state index in [1.807, 2.05) is 13.8 Å². The van der Waals surface area contributed by atoms with Gasteiger partial charge in [0, 0.05) is 16.6 Å². The Morgan fingerprint density at radius 1 is 1.24 bits per heavy atom. The van der Waals surface area contributed by atoms with E-state index < -0.39 is 0 Å². The van der Waals surface area contributed by atoms with E-state index >= 15 is 0 Å². The zero-order valence-corrected chi connectivity index (χ0v) is 11.7. The van der Waals surface area contributed by atoms with E-state index in [2.05, 4.69) is 21.9 Å². The number of nitrogens with zero attached hydrogens (tertiary/aromatic N) is 3. The van der Waals surface area contributed by atoms with Crippen LogP contribution < -0.4 is 5.73 Å². The number of anilines is 1. The molecular formula is C11H14N4S2. The number of thiazole rings is 1. The summed E-state index contributed by atoms with van der Waals surface area (Å²) in [5, 5.41) is 1.82. The Hall–Kier alpha value is -1.14. The molecule has 0 aliphatic heterocycles. The second kappa shape index (κ2) is 5.01. The third kappa shape index (κ3) is 3.17. The van der Waals surface area contributed by atoms with Gasteiger partial charge in [0.2, 0.25) is 0 Å². The van der Waals surface area contributed by atoms with Gasteiger partial charge in [0.15, 0.2) is 5.16 Å². The van der Waals surface area contributed by atoms with Crippen molar-refractivity contribution in [3.05, 3.63) is 27.3 Å². The van der Waals surface area contributed by atoms with Crippen LogP contribution >= 0.6 is 23.1 Å². The SMILES string of the molecule is Cc1cc(N)nc(SCc2nc(C)c(C)s2)n1. The molecule has 0 spiro atoms. The Bertz CT molecular complexity index is 497. The predicted molar refractivity (Wildman–Crippen MR) is 72.3 cm³/mol. The first kappa shape index (κ1) is 12.3. The van der Waals surface area contributed by atoms with Gasteiger partial charge in [0.05, 0.1) is 11.4 Å². The summed E-state index contributed by atoms with van der Waals surface area (Å²) in [6.07, 6.45) is 0. The number of aromatic nitrogens is 3. The molecule has 4 nitrogen and oxygen atoms in total. The van der Waals surface area contributed by atoms with Crippen LogP contribution in [0.5, 0.6) is 0 Å². The molecule has 2 N–H and O–H groups in total. The van der Waals surface area contributed by atoms with Crippen molar-refractivity contribution in [1.29, 1.82) is 0 Å². The van der Waals surface area contributed by atoms with Gasteiger partial charge in [-0.3, -0.25) is 0 Å². The van der Waals surface area contributed by atoms with Gasteiger partial charge < -0.3 is 5.73 Å². The van der Waals surface area contributed by atoms with Crippen LogP contribution in [0.2, 0.25) is 0 Å². The molecule has 0 bridgehead atoms. The van der Waals surface area contributed by atoms with Crippen LogP contribution in [-0.2, 0) is 5.75 Å². The average Bonchev–Trinajstić information content (AvgIpc) is 2.54. The van der Waals surface area contributed by atoms with Crippen molar-refractivity contribution in [2.24, 2.45) is 0 Å². The first-order chi connectivity index (χ1) is 8.04. The highest BCUT2D eigenvalue weighted by molar-refractivity contribution is 7.98. The first-order valence-electron chi connectivity index (χ1n) is 5.21. The van der Waals surface area contributed by atoms with Crippen molar-refractivity contribution < 1.29 is 0 Å². The number of aryl methyl sites for hydroxylation is 3. The average molecular weight is 266 g/mol. The lowest BCUT2D eigenvalue weighted by Crippen LogP contribution is -1.96. The van der Waals surface area contributed by atoms with Crippen molar-refractivity contribution in [2.45, 2.75) is 31.7 Å². The topological polar surface area (TPSA) is 64.7 Å². The third-order valence-corrected chi connectivity index (χ3v) is 4.37. The molecule has 2 rings (SSSR count). The summed E-state index contributed by atoms with van der Waals surface area (Å²) in [6, 6.07) is 1.77. The van der Waals surface area contributed by atoms with Gasteiger partial charge in [-0.1, -0.05) is 11.8 Å². The quantitative estimate of drug-likeness (QED) is 0.683. The molecular weight excluding hydrogens is 252 g/mol. The van der Waals surface area contributed by atoms with Crippen LogP contribution in [0.1, 0.15) is 21.3 Å². The van der Waals surface area contributed by atoms with Crippen molar-refractivity contribution >= 4 is 28.9 Å². The van der Waals surface area contributed by atoms with Crippen LogP contribution in [0.4, 0.5) is 5.82 Å². The molecule has 0 unspecified atom stereocenters. The van der Waals surface area contributed by atoms with E-state index in [-0.39, 0.29) is 0 Å². The number of rotatable bonds is 3. The van der Waals surface area contributed by atoms with E-state index in [1.54, 1.807) is 29.2 Å². The van der Waals surface area contributed by atoms with Crippen molar-refractivity contribution in [3.63, 3.8) is 0 Å². The molecule has 2 aromatic heterocycles. The molecule has 0 aromatic carbocycles. The van der Waals surface area contributed by atoms with Gasteiger partial charge in [-0.25, -0.2) is 15.0 Å². The van der Waals surface area contributed by atoms with E-state index in [0.717, 1.165) is 22.1 Å². The lowest BCUT2D eigenvalue weighted by molar-refractivity contribution is 0.939. The molecule has 2 heterocycles. The number of nitrogen functional groups attached to an aromatic ring is 1. The number of nitrogens with two attached hydrogens (primary N) is 1. The second-order valence-electron chi connectivity index (χ2n) is 3.75. The van der Waals surface area contributed by atoms with E-state index in [4.69, 9.17) is 5.73 Å². The highest BCUT2D eigenvalue weighted by Crippen LogP contribution is 2.24. The lowest BCUT2D eigenvalue weighted by Gasteiger charge is -2.00. The largest absolute Gasteiger partial charge is 0.384 e. The Labute approximate surface area is 109 Å². The van der Waals surface area contributed by atoms with Gasteiger partial charge in [0.1, 0.15) is 10.8 Å². The van der Waals surface area contributed by atoms with Crippen molar-refractivity contribution in [3.8, 4) is 0 Å². The predicted octanol–water partition coefficient (Wildman–Crippen LogP) is 2.73. The standard InChI is InChI=1S/C11H14N4S2/c1-6-4-9(12)15-11(13-6)16-5-10-14-7(2)8(3)17-10/h4H,5H2,1-3H3,(H2,12,13,15). The summed E-state index contributed by atoms with van der Waals surface area (Å²) in [5.41, 5.74) is 7.68. The van der Waals surface area contributed by atoms with Gasteiger partial charge >= 0.3 is 0 Å². The van der Waals surface area contributed by atoms with Gasteiger partial charge in [-0.15, -0.1) is 11.3 Å². The maximum absolute atomic E-state index is 5.68. The Balaban J connectivity index is 2.07. The summed E-state index contributed by atoms with van der Waals surface area (Å²) in [5.74, 6) is 1.31. The van der Waals surface area contributed by atoms with Gasteiger partial charge in [0.25, 0.3) is 0 Å². The smallest absolute Gasteiger partial charge is 0.190 e. The van der Waals surface area contributed by atoms with E-state index in [9.17, 15) is 0 Å². The molecule has 0 fully saturated rings. The zero-order valence-electron chi connectivity index (χ0n) is 10.0. The van der Waals surface area contributed by atoms with Crippen LogP contribution in [0.3, 0.4) is 0 Å². The normalized spacial score (nSPS) is 10.8. The fourth-order valence-electron chi connectivity index (χ4n) is 1.36. The van der Waals surface area contributed by atoms with Crippen LogP contribution in [0.15, 0.2) is 11.2 Å². The maximum Gasteiger partial charge on any atom is 0.190 e. The number of hydrogen-bond acceptors (Lipinski definition) is 6. The first-order valence-corrected chi connectivity index (χ1v) is 7.01. The summed E-state index contributed by atoms with van der Waals surface area (Å²) >= 11 is 3.29. The highest BCUT2D eigenvalue weighted by atomic mass is 32.2. The maximum atomic E-state index is 5.68. The molecule has 2 aromatic rings. The minimum atomic E-state index is 0.520. The molecule has 0 amide bonds.